The number of hydrogen-bond donors (Lipinski definition) is 1. The van der Waals surface area contributed by atoms with Crippen LogP contribution in [-0.2, 0) is 11.3 Å². The Morgan fingerprint density at radius 2 is 2.05 bits per heavy atom. The van der Waals surface area contributed by atoms with E-state index < -0.39 is 0 Å². The van der Waals surface area contributed by atoms with Gasteiger partial charge in [0, 0.05) is 43.1 Å². The average Bonchev–Trinajstić information content (AvgIpc) is 3.31. The summed E-state index contributed by atoms with van der Waals surface area (Å²) in [6, 6.07) is 11.2. The second kappa shape index (κ2) is 8.06. The molecule has 1 saturated carbocycles. The summed E-state index contributed by atoms with van der Waals surface area (Å²) in [5.41, 5.74) is 1.23. The summed E-state index contributed by atoms with van der Waals surface area (Å²) < 4.78 is 0. The van der Waals surface area contributed by atoms with Crippen molar-refractivity contribution in [3.05, 3.63) is 35.9 Å². The maximum absolute atomic E-state index is 12.6. The van der Waals surface area contributed by atoms with Crippen molar-refractivity contribution >= 4 is 30.1 Å². The van der Waals surface area contributed by atoms with Crippen molar-refractivity contribution in [1.29, 1.82) is 0 Å². The number of hydrogen-bond acceptors (Lipinski definition) is 3. The molecule has 0 bridgehead atoms. The lowest BCUT2D eigenvalue weighted by Crippen LogP contribution is -2.43. The molecule has 1 saturated heterocycles. The molecule has 1 aromatic rings. The van der Waals surface area contributed by atoms with Gasteiger partial charge < -0.3 is 10.2 Å². The van der Waals surface area contributed by atoms with Gasteiger partial charge in [0.2, 0.25) is 5.91 Å². The molecule has 5 heteroatoms. The third kappa shape index (κ3) is 4.90. The van der Waals surface area contributed by atoms with Gasteiger partial charge >= 0.3 is 0 Å². The maximum atomic E-state index is 12.6. The van der Waals surface area contributed by atoms with E-state index in [0.717, 1.165) is 18.8 Å². The molecule has 1 N–H and O–H groups in total. The maximum Gasteiger partial charge on any atom is 0.224 e. The lowest BCUT2D eigenvalue weighted by Gasteiger charge is -2.27. The molecule has 0 aromatic heterocycles. The minimum Gasteiger partial charge on any atom is -0.335 e. The largest absolute Gasteiger partial charge is 0.335 e. The zero-order chi connectivity index (χ0) is 13.8. The van der Waals surface area contributed by atoms with Crippen LogP contribution < -0.4 is 5.32 Å². The van der Waals surface area contributed by atoms with Gasteiger partial charge in [-0.1, -0.05) is 30.3 Å². The summed E-state index contributed by atoms with van der Waals surface area (Å²) in [5.74, 6) is 2.55. The van der Waals surface area contributed by atoms with Crippen molar-refractivity contribution in [2.75, 3.05) is 18.1 Å². The fourth-order valence-corrected chi connectivity index (χ4v) is 3.62. The summed E-state index contributed by atoms with van der Waals surface area (Å²) in [4.78, 5) is 14.7. The Morgan fingerprint density at radius 3 is 2.67 bits per heavy atom. The summed E-state index contributed by atoms with van der Waals surface area (Å²) in [6.07, 6.45) is 2.99. The third-order valence-corrected chi connectivity index (χ3v) is 5.05. The predicted molar refractivity (Wildman–Crippen MR) is 91.0 cm³/mol. The van der Waals surface area contributed by atoms with Gasteiger partial charge in [0.05, 0.1) is 0 Å². The van der Waals surface area contributed by atoms with Crippen LogP contribution in [0, 0.1) is 0 Å². The SMILES string of the molecule is Cl.O=C(CC1CSCCN1)N(Cc1ccccc1)C1CC1. The van der Waals surface area contributed by atoms with Crippen LogP contribution in [0.2, 0.25) is 0 Å². The van der Waals surface area contributed by atoms with E-state index in [-0.39, 0.29) is 12.4 Å². The van der Waals surface area contributed by atoms with Crippen LogP contribution in [0.15, 0.2) is 30.3 Å². The lowest BCUT2D eigenvalue weighted by molar-refractivity contribution is -0.132. The quantitative estimate of drug-likeness (QED) is 0.903. The van der Waals surface area contributed by atoms with Gasteiger partial charge in [-0.25, -0.2) is 0 Å². The van der Waals surface area contributed by atoms with Crippen LogP contribution in [0.25, 0.3) is 0 Å². The van der Waals surface area contributed by atoms with E-state index >= 15 is 0 Å². The van der Waals surface area contributed by atoms with Crippen molar-refractivity contribution < 1.29 is 4.79 Å². The first-order valence-corrected chi connectivity index (χ1v) is 8.63. The molecule has 2 aliphatic rings. The number of nitrogens with zero attached hydrogens (tertiary/aromatic N) is 1. The Morgan fingerprint density at radius 1 is 1.29 bits per heavy atom. The Bertz CT molecular complexity index is 447. The molecule has 3 nitrogen and oxygen atoms in total. The molecular formula is C16H23ClN2OS. The van der Waals surface area contributed by atoms with Crippen LogP contribution in [-0.4, -0.2) is 40.9 Å². The molecule has 0 radical (unpaired) electrons. The summed E-state index contributed by atoms with van der Waals surface area (Å²) in [5, 5.41) is 3.46. The van der Waals surface area contributed by atoms with E-state index in [1.807, 2.05) is 30.0 Å². The lowest BCUT2D eigenvalue weighted by atomic mass is 10.1. The van der Waals surface area contributed by atoms with E-state index in [9.17, 15) is 4.79 Å². The Hall–Kier alpha value is -0.710. The number of benzene rings is 1. The van der Waals surface area contributed by atoms with Gasteiger partial charge in [0.15, 0.2) is 0 Å². The molecule has 1 heterocycles. The van der Waals surface area contributed by atoms with Crippen molar-refractivity contribution in [2.24, 2.45) is 0 Å². The molecule has 116 valence electrons. The molecule has 0 spiro atoms. The zero-order valence-electron chi connectivity index (χ0n) is 12.2. The number of nitrogens with one attached hydrogen (secondary N) is 1. The van der Waals surface area contributed by atoms with Gasteiger partial charge in [-0.3, -0.25) is 4.79 Å². The highest BCUT2D eigenvalue weighted by Crippen LogP contribution is 2.29. The Labute approximate surface area is 137 Å². The highest BCUT2D eigenvalue weighted by atomic mass is 35.5. The number of carbonyl (C=O) groups excluding carboxylic acids is 1. The minimum atomic E-state index is 0. The molecule has 2 fully saturated rings. The van der Waals surface area contributed by atoms with Gasteiger partial charge in [0.25, 0.3) is 0 Å². The van der Waals surface area contributed by atoms with Gasteiger partial charge in [-0.05, 0) is 18.4 Å². The van der Waals surface area contributed by atoms with Gasteiger partial charge in [-0.15, -0.1) is 12.4 Å². The standard InChI is InChI=1S/C16H22N2OS.ClH/c19-16(10-14-12-20-9-8-17-14)18(15-6-7-15)11-13-4-2-1-3-5-13;/h1-5,14-15,17H,6-12H2;1H. The molecular weight excluding hydrogens is 304 g/mol. The van der Waals surface area contributed by atoms with E-state index in [4.69, 9.17) is 0 Å². The van der Waals surface area contributed by atoms with Crippen LogP contribution in [0.5, 0.6) is 0 Å². The Balaban J connectivity index is 0.00000161. The molecule has 1 amide bonds. The normalized spacial score (nSPS) is 21.4. The van der Waals surface area contributed by atoms with E-state index in [1.165, 1.54) is 24.2 Å². The van der Waals surface area contributed by atoms with Crippen LogP contribution in [0.4, 0.5) is 0 Å². The number of thioether (sulfide) groups is 1. The molecule has 1 aliphatic carbocycles. The van der Waals surface area contributed by atoms with Crippen LogP contribution in [0.3, 0.4) is 0 Å². The van der Waals surface area contributed by atoms with Gasteiger partial charge in [-0.2, -0.15) is 11.8 Å². The second-order valence-electron chi connectivity index (χ2n) is 5.67. The first-order valence-electron chi connectivity index (χ1n) is 7.47. The smallest absolute Gasteiger partial charge is 0.224 e. The molecule has 1 unspecified atom stereocenters. The molecule has 21 heavy (non-hydrogen) atoms. The van der Waals surface area contributed by atoms with Crippen molar-refractivity contribution in [1.82, 2.24) is 10.2 Å². The summed E-state index contributed by atoms with van der Waals surface area (Å²) in [7, 11) is 0. The fraction of sp³-hybridized carbons (Fsp3) is 0.562. The van der Waals surface area contributed by atoms with E-state index in [1.54, 1.807) is 0 Å². The molecule has 1 aliphatic heterocycles. The number of amides is 1. The highest BCUT2D eigenvalue weighted by molar-refractivity contribution is 7.99. The van der Waals surface area contributed by atoms with Crippen molar-refractivity contribution in [3.63, 3.8) is 0 Å². The first-order chi connectivity index (χ1) is 9.83. The summed E-state index contributed by atoms with van der Waals surface area (Å²) in [6.45, 7) is 1.80. The Kier molecular flexibility index (Phi) is 6.40. The van der Waals surface area contributed by atoms with Crippen LogP contribution >= 0.6 is 24.2 Å². The van der Waals surface area contributed by atoms with E-state index in [2.05, 4.69) is 22.3 Å². The van der Waals surface area contributed by atoms with Crippen LogP contribution in [0.1, 0.15) is 24.8 Å². The minimum absolute atomic E-state index is 0. The topological polar surface area (TPSA) is 32.3 Å². The monoisotopic (exact) mass is 326 g/mol. The van der Waals surface area contributed by atoms with Gasteiger partial charge in [0.1, 0.15) is 0 Å². The van der Waals surface area contributed by atoms with Crippen molar-refractivity contribution in [3.8, 4) is 0 Å². The molecule has 1 aromatic carbocycles. The highest BCUT2D eigenvalue weighted by Gasteiger charge is 2.33. The average molecular weight is 327 g/mol. The first kappa shape index (κ1) is 16.7. The number of halogens is 1. The number of rotatable bonds is 5. The third-order valence-electron chi connectivity index (χ3n) is 3.92. The second-order valence-corrected chi connectivity index (χ2v) is 6.82. The fourth-order valence-electron chi connectivity index (χ4n) is 2.67. The summed E-state index contributed by atoms with van der Waals surface area (Å²) >= 11 is 1.95. The zero-order valence-corrected chi connectivity index (χ0v) is 13.8. The number of carbonyl (C=O) groups is 1. The predicted octanol–water partition coefficient (Wildman–Crippen LogP) is 2.69. The molecule has 1 atom stereocenters. The van der Waals surface area contributed by atoms with E-state index in [0.29, 0.717) is 24.4 Å². The molecule has 3 rings (SSSR count). The van der Waals surface area contributed by atoms with Crippen molar-refractivity contribution in [2.45, 2.75) is 37.9 Å².